The lowest BCUT2D eigenvalue weighted by Crippen LogP contribution is -2.14. The first-order valence-corrected chi connectivity index (χ1v) is 7.55. The lowest BCUT2D eigenvalue weighted by atomic mass is 10.2. The molecule has 130 valence electrons. The minimum atomic E-state index is -0.751. The topological polar surface area (TPSA) is 134 Å². The Morgan fingerprint density at radius 2 is 2.08 bits per heavy atom. The Balaban J connectivity index is 1.84. The normalized spacial score (nSPS) is 10.9. The predicted octanol–water partition coefficient (Wildman–Crippen LogP) is -0.350. The van der Waals surface area contributed by atoms with Gasteiger partial charge in [-0.1, -0.05) is 35.5 Å². The molecular weight excluding hydrogens is 326 g/mol. The van der Waals surface area contributed by atoms with Crippen LogP contribution in [0.3, 0.4) is 0 Å². The van der Waals surface area contributed by atoms with Crippen molar-refractivity contribution < 1.29 is 14.6 Å². The molecule has 0 saturated heterocycles. The number of carbonyl (C=O) groups is 1. The molecule has 0 bridgehead atoms. The molecule has 0 saturated carbocycles. The fraction of sp³-hybridized carbons (Fsp3) is 0.267. The molecule has 10 nitrogen and oxygen atoms in total. The van der Waals surface area contributed by atoms with Gasteiger partial charge in [0.05, 0.1) is 26.0 Å². The zero-order valence-corrected chi connectivity index (χ0v) is 13.3. The second-order valence-corrected chi connectivity index (χ2v) is 5.17. The molecule has 3 rings (SSSR count). The van der Waals surface area contributed by atoms with Crippen LogP contribution in [0.25, 0.3) is 11.5 Å². The molecule has 0 atom stereocenters. The Bertz CT molecular complexity index is 844. The summed E-state index contributed by atoms with van der Waals surface area (Å²) in [5.41, 5.74) is 6.74. The van der Waals surface area contributed by atoms with Gasteiger partial charge in [-0.05, 0) is 5.56 Å². The lowest BCUT2D eigenvalue weighted by molar-refractivity contribution is 0.0424. The van der Waals surface area contributed by atoms with Crippen LogP contribution in [0, 0.1) is 0 Å². The Morgan fingerprint density at radius 1 is 1.28 bits per heavy atom. The van der Waals surface area contributed by atoms with Gasteiger partial charge in [-0.25, -0.2) is 14.3 Å². The van der Waals surface area contributed by atoms with Crippen LogP contribution in [0.5, 0.6) is 0 Å². The molecule has 0 aliphatic rings. The molecule has 2 aromatic heterocycles. The molecule has 0 spiro atoms. The maximum Gasteiger partial charge on any atom is 0.288 e. The summed E-state index contributed by atoms with van der Waals surface area (Å²) in [5.74, 6) is -0.579. The highest BCUT2D eigenvalue weighted by molar-refractivity contribution is 5.89. The number of aromatic nitrogens is 6. The van der Waals surface area contributed by atoms with Crippen molar-refractivity contribution >= 4 is 5.91 Å². The second-order valence-electron chi connectivity index (χ2n) is 5.17. The number of rotatable bonds is 8. The van der Waals surface area contributed by atoms with E-state index in [0.717, 1.165) is 5.56 Å². The van der Waals surface area contributed by atoms with Crippen molar-refractivity contribution in [2.24, 2.45) is 5.73 Å². The number of hydrogen-bond acceptors (Lipinski definition) is 7. The van der Waals surface area contributed by atoms with E-state index in [1.165, 1.54) is 4.68 Å². The molecular formula is C15H17N7O3. The third kappa shape index (κ3) is 4.05. The predicted molar refractivity (Wildman–Crippen MR) is 86.1 cm³/mol. The van der Waals surface area contributed by atoms with Crippen LogP contribution in [0.2, 0.25) is 0 Å². The van der Waals surface area contributed by atoms with E-state index in [1.54, 1.807) is 10.9 Å². The minimum absolute atomic E-state index is 0.00170. The zero-order chi connectivity index (χ0) is 17.6. The summed E-state index contributed by atoms with van der Waals surface area (Å²) in [6.45, 7) is 0.555. The van der Waals surface area contributed by atoms with Crippen LogP contribution in [-0.4, -0.2) is 54.0 Å². The first-order chi connectivity index (χ1) is 12.2. The van der Waals surface area contributed by atoms with Gasteiger partial charge in [0.2, 0.25) is 5.82 Å². The van der Waals surface area contributed by atoms with E-state index >= 15 is 0 Å². The van der Waals surface area contributed by atoms with Crippen LogP contribution in [0.1, 0.15) is 16.2 Å². The van der Waals surface area contributed by atoms with Gasteiger partial charge in [0, 0.05) is 0 Å². The molecule has 0 aliphatic carbocycles. The summed E-state index contributed by atoms with van der Waals surface area (Å²) in [5, 5.41) is 20.9. The quantitative estimate of drug-likeness (QED) is 0.534. The van der Waals surface area contributed by atoms with E-state index in [0.29, 0.717) is 18.1 Å². The largest absolute Gasteiger partial charge is 0.394 e. The minimum Gasteiger partial charge on any atom is -0.394 e. The van der Waals surface area contributed by atoms with Crippen molar-refractivity contribution in [3.8, 4) is 11.5 Å². The average molecular weight is 343 g/mol. The number of nitrogens with two attached hydrogens (primary N) is 1. The monoisotopic (exact) mass is 343 g/mol. The molecule has 3 N–H and O–H groups in total. The number of benzene rings is 1. The van der Waals surface area contributed by atoms with Gasteiger partial charge in [-0.3, -0.25) is 4.79 Å². The SMILES string of the molecule is NC(=O)c1nc(-c2cn(Cc3ccccc3)nn2)n(COCCO)n1. The summed E-state index contributed by atoms with van der Waals surface area (Å²) in [6, 6.07) is 9.80. The third-order valence-electron chi connectivity index (χ3n) is 3.30. The molecule has 0 fully saturated rings. The molecule has 2 heterocycles. The van der Waals surface area contributed by atoms with Crippen LogP contribution in [0.4, 0.5) is 0 Å². The van der Waals surface area contributed by atoms with Gasteiger partial charge < -0.3 is 15.6 Å². The summed E-state index contributed by atoms with van der Waals surface area (Å²) in [7, 11) is 0. The second kappa shape index (κ2) is 7.64. The van der Waals surface area contributed by atoms with E-state index in [2.05, 4.69) is 20.4 Å². The van der Waals surface area contributed by atoms with Crippen molar-refractivity contribution in [2.75, 3.05) is 13.2 Å². The number of primary amides is 1. The first-order valence-electron chi connectivity index (χ1n) is 7.55. The van der Waals surface area contributed by atoms with Crippen molar-refractivity contribution in [2.45, 2.75) is 13.3 Å². The highest BCUT2D eigenvalue weighted by atomic mass is 16.5. The summed E-state index contributed by atoms with van der Waals surface area (Å²) >= 11 is 0. The van der Waals surface area contributed by atoms with E-state index in [4.69, 9.17) is 15.6 Å². The van der Waals surface area contributed by atoms with Crippen molar-refractivity contribution in [1.82, 2.24) is 29.8 Å². The number of aliphatic hydroxyl groups is 1. The number of nitrogens with zero attached hydrogens (tertiary/aromatic N) is 6. The van der Waals surface area contributed by atoms with Crippen LogP contribution < -0.4 is 5.73 Å². The van der Waals surface area contributed by atoms with Crippen molar-refractivity contribution in [1.29, 1.82) is 0 Å². The number of hydrogen-bond donors (Lipinski definition) is 2. The van der Waals surface area contributed by atoms with E-state index in [-0.39, 0.29) is 25.8 Å². The van der Waals surface area contributed by atoms with Gasteiger partial charge >= 0.3 is 0 Å². The van der Waals surface area contributed by atoms with Gasteiger partial charge in [0.1, 0.15) is 12.4 Å². The van der Waals surface area contributed by atoms with Gasteiger partial charge in [-0.2, -0.15) is 0 Å². The Hall–Kier alpha value is -3.11. The number of ether oxygens (including phenoxy) is 1. The number of amides is 1. The summed E-state index contributed by atoms with van der Waals surface area (Å²) in [4.78, 5) is 15.4. The van der Waals surface area contributed by atoms with Crippen LogP contribution in [0.15, 0.2) is 36.5 Å². The van der Waals surface area contributed by atoms with Gasteiger partial charge in [-0.15, -0.1) is 10.2 Å². The third-order valence-corrected chi connectivity index (χ3v) is 3.30. The lowest BCUT2D eigenvalue weighted by Gasteiger charge is -2.04. The summed E-state index contributed by atoms with van der Waals surface area (Å²) in [6.07, 6.45) is 1.70. The maximum absolute atomic E-state index is 11.3. The molecule has 3 aromatic rings. The van der Waals surface area contributed by atoms with Gasteiger partial charge in [0.25, 0.3) is 5.91 Å². The standard InChI is InChI=1S/C15H17N7O3/c16-13(24)14-17-15(22(19-14)10-25-7-6-23)12-9-21(20-18-12)8-11-4-2-1-3-5-11/h1-5,9,23H,6-8,10H2,(H2,16,24). The molecule has 0 unspecified atom stereocenters. The zero-order valence-electron chi connectivity index (χ0n) is 13.3. The van der Waals surface area contributed by atoms with Crippen molar-refractivity contribution in [3.05, 3.63) is 47.9 Å². The van der Waals surface area contributed by atoms with Gasteiger partial charge in [0.15, 0.2) is 5.82 Å². The molecule has 0 aliphatic heterocycles. The number of carbonyl (C=O) groups excluding carboxylic acids is 1. The molecule has 10 heteroatoms. The summed E-state index contributed by atoms with van der Waals surface area (Å²) < 4.78 is 8.24. The van der Waals surface area contributed by atoms with E-state index in [9.17, 15) is 4.79 Å². The highest BCUT2D eigenvalue weighted by Gasteiger charge is 2.18. The first kappa shape index (κ1) is 16.7. The molecule has 1 aromatic carbocycles. The van der Waals surface area contributed by atoms with E-state index in [1.807, 2.05) is 30.3 Å². The molecule has 25 heavy (non-hydrogen) atoms. The molecule has 0 radical (unpaired) electrons. The smallest absolute Gasteiger partial charge is 0.288 e. The Kier molecular flexibility index (Phi) is 5.11. The fourth-order valence-corrected chi connectivity index (χ4v) is 2.19. The maximum atomic E-state index is 11.3. The average Bonchev–Trinajstić information content (AvgIpc) is 3.23. The van der Waals surface area contributed by atoms with E-state index < -0.39 is 5.91 Å². The fourth-order valence-electron chi connectivity index (χ4n) is 2.19. The molecule has 1 amide bonds. The van der Waals surface area contributed by atoms with Crippen LogP contribution in [-0.2, 0) is 18.0 Å². The number of aliphatic hydroxyl groups excluding tert-OH is 1. The van der Waals surface area contributed by atoms with Crippen LogP contribution >= 0.6 is 0 Å². The Morgan fingerprint density at radius 3 is 2.80 bits per heavy atom. The van der Waals surface area contributed by atoms with Crippen molar-refractivity contribution in [3.63, 3.8) is 0 Å². The highest BCUT2D eigenvalue weighted by Crippen LogP contribution is 2.15. The Labute approximate surface area is 142 Å².